The Bertz CT molecular complexity index is 707. The van der Waals surface area contributed by atoms with Crippen molar-refractivity contribution in [2.45, 2.75) is 6.92 Å². The topological polar surface area (TPSA) is 66.5 Å². The van der Waals surface area contributed by atoms with Gasteiger partial charge in [0.15, 0.2) is 5.65 Å². The number of anilines is 2. The summed E-state index contributed by atoms with van der Waals surface area (Å²) < 4.78 is 0.998. The van der Waals surface area contributed by atoms with E-state index in [1.807, 2.05) is 19.1 Å². The van der Waals surface area contributed by atoms with Gasteiger partial charge in [0.05, 0.1) is 17.3 Å². The lowest BCUT2D eigenvalue weighted by Gasteiger charge is -2.08. The van der Waals surface area contributed by atoms with Crippen LogP contribution in [0.2, 0.25) is 0 Å². The van der Waals surface area contributed by atoms with Gasteiger partial charge < -0.3 is 5.32 Å². The fourth-order valence-electron chi connectivity index (χ4n) is 1.71. The number of aryl methyl sites for hydroxylation is 1. The van der Waals surface area contributed by atoms with Crippen LogP contribution in [0, 0.1) is 6.92 Å². The van der Waals surface area contributed by atoms with Gasteiger partial charge in [0.25, 0.3) is 0 Å². The molecule has 0 spiro atoms. The third-order valence-electron chi connectivity index (χ3n) is 2.63. The van der Waals surface area contributed by atoms with E-state index in [-0.39, 0.29) is 0 Å². The third-order valence-corrected chi connectivity index (χ3v) is 3.28. The van der Waals surface area contributed by atoms with Crippen LogP contribution in [-0.4, -0.2) is 20.2 Å². The number of aromatic nitrogens is 4. The Labute approximate surface area is 112 Å². The number of aromatic amines is 1. The van der Waals surface area contributed by atoms with Gasteiger partial charge in [-0.25, -0.2) is 9.97 Å². The molecule has 90 valence electrons. The molecule has 0 unspecified atom stereocenters. The SMILES string of the molecule is Cc1ccc(Nc2ncnc3[nH]ncc23)c(Br)c1. The fraction of sp³-hybridized carbons (Fsp3) is 0.0833. The Morgan fingerprint density at radius 1 is 1.28 bits per heavy atom. The lowest BCUT2D eigenvalue weighted by molar-refractivity contribution is 1.09. The van der Waals surface area contributed by atoms with Gasteiger partial charge in [0.1, 0.15) is 12.1 Å². The predicted octanol–water partition coefficient (Wildman–Crippen LogP) is 3.17. The summed E-state index contributed by atoms with van der Waals surface area (Å²) in [6, 6.07) is 6.10. The molecule has 0 radical (unpaired) electrons. The Kier molecular flexibility index (Phi) is 2.71. The molecule has 0 saturated heterocycles. The highest BCUT2D eigenvalue weighted by atomic mass is 79.9. The summed E-state index contributed by atoms with van der Waals surface area (Å²) in [5.41, 5.74) is 2.88. The van der Waals surface area contributed by atoms with Gasteiger partial charge in [-0.1, -0.05) is 6.07 Å². The number of rotatable bonds is 2. The molecule has 3 aromatic rings. The number of benzene rings is 1. The second kappa shape index (κ2) is 4.38. The van der Waals surface area contributed by atoms with Crippen molar-refractivity contribution in [3.63, 3.8) is 0 Å². The number of fused-ring (bicyclic) bond motifs is 1. The summed E-state index contributed by atoms with van der Waals surface area (Å²) in [6.07, 6.45) is 3.21. The molecule has 0 aliphatic rings. The van der Waals surface area contributed by atoms with Gasteiger partial charge in [0, 0.05) is 4.47 Å². The van der Waals surface area contributed by atoms with Crippen LogP contribution in [0.25, 0.3) is 11.0 Å². The Hall–Kier alpha value is -1.95. The molecular formula is C12H10BrN5. The number of hydrogen-bond acceptors (Lipinski definition) is 4. The van der Waals surface area contributed by atoms with E-state index < -0.39 is 0 Å². The highest BCUT2D eigenvalue weighted by Crippen LogP contribution is 2.28. The van der Waals surface area contributed by atoms with Crippen molar-refractivity contribution in [2.75, 3.05) is 5.32 Å². The normalized spacial score (nSPS) is 10.8. The highest BCUT2D eigenvalue weighted by molar-refractivity contribution is 9.10. The zero-order chi connectivity index (χ0) is 12.5. The summed E-state index contributed by atoms with van der Waals surface area (Å²) >= 11 is 3.53. The van der Waals surface area contributed by atoms with Crippen molar-refractivity contribution in [2.24, 2.45) is 0 Å². The Morgan fingerprint density at radius 2 is 2.17 bits per heavy atom. The van der Waals surface area contributed by atoms with Crippen LogP contribution in [0.1, 0.15) is 5.56 Å². The number of hydrogen-bond donors (Lipinski definition) is 2. The molecule has 1 aromatic carbocycles. The molecule has 0 fully saturated rings. The molecule has 0 atom stereocenters. The van der Waals surface area contributed by atoms with Gasteiger partial charge in [-0.15, -0.1) is 0 Å². The van der Waals surface area contributed by atoms with Gasteiger partial charge in [-0.05, 0) is 40.5 Å². The largest absolute Gasteiger partial charge is 0.339 e. The maximum absolute atomic E-state index is 4.23. The van der Waals surface area contributed by atoms with Crippen LogP contribution < -0.4 is 5.32 Å². The summed E-state index contributed by atoms with van der Waals surface area (Å²) in [5, 5.41) is 10.9. The summed E-state index contributed by atoms with van der Waals surface area (Å²) in [6.45, 7) is 2.05. The first-order valence-electron chi connectivity index (χ1n) is 5.41. The lowest BCUT2D eigenvalue weighted by atomic mass is 10.2. The summed E-state index contributed by atoms with van der Waals surface area (Å²) in [4.78, 5) is 8.33. The number of nitrogens with one attached hydrogen (secondary N) is 2. The quantitative estimate of drug-likeness (QED) is 0.763. The molecule has 0 bridgehead atoms. The molecule has 0 aliphatic carbocycles. The first-order valence-corrected chi connectivity index (χ1v) is 6.20. The molecule has 0 amide bonds. The highest BCUT2D eigenvalue weighted by Gasteiger charge is 2.07. The van der Waals surface area contributed by atoms with Gasteiger partial charge in [0.2, 0.25) is 0 Å². The van der Waals surface area contributed by atoms with Crippen LogP contribution in [0.4, 0.5) is 11.5 Å². The molecule has 18 heavy (non-hydrogen) atoms. The third kappa shape index (κ3) is 1.95. The Morgan fingerprint density at radius 3 is 3.00 bits per heavy atom. The van der Waals surface area contributed by atoms with E-state index in [4.69, 9.17) is 0 Å². The second-order valence-electron chi connectivity index (χ2n) is 3.96. The smallest absolute Gasteiger partial charge is 0.160 e. The van der Waals surface area contributed by atoms with Crippen molar-refractivity contribution in [1.82, 2.24) is 20.2 Å². The van der Waals surface area contributed by atoms with Crippen molar-refractivity contribution >= 4 is 38.5 Å². The van der Waals surface area contributed by atoms with E-state index in [0.29, 0.717) is 0 Å². The molecule has 2 heterocycles. The average molecular weight is 304 g/mol. The standard InChI is InChI=1S/C12H10BrN5/c1-7-2-3-10(9(13)4-7)17-11-8-5-16-18-12(8)15-6-14-11/h2-6H,1H3,(H2,14,15,16,17,18). The fourth-order valence-corrected chi connectivity index (χ4v) is 2.31. The van der Waals surface area contributed by atoms with E-state index in [9.17, 15) is 0 Å². The van der Waals surface area contributed by atoms with E-state index in [1.165, 1.54) is 11.9 Å². The number of nitrogens with zero attached hydrogens (tertiary/aromatic N) is 3. The first-order chi connectivity index (χ1) is 8.74. The minimum absolute atomic E-state index is 0.718. The molecule has 0 aliphatic heterocycles. The number of H-pyrrole nitrogens is 1. The van der Waals surface area contributed by atoms with Crippen molar-refractivity contribution < 1.29 is 0 Å². The van der Waals surface area contributed by atoms with E-state index in [1.54, 1.807) is 6.20 Å². The van der Waals surface area contributed by atoms with Crippen molar-refractivity contribution in [1.29, 1.82) is 0 Å². The van der Waals surface area contributed by atoms with E-state index in [2.05, 4.69) is 47.5 Å². The van der Waals surface area contributed by atoms with Crippen molar-refractivity contribution in [3.8, 4) is 0 Å². The van der Waals surface area contributed by atoms with E-state index >= 15 is 0 Å². The van der Waals surface area contributed by atoms with Crippen LogP contribution >= 0.6 is 15.9 Å². The minimum atomic E-state index is 0.718. The van der Waals surface area contributed by atoms with Gasteiger partial charge >= 0.3 is 0 Å². The predicted molar refractivity (Wildman–Crippen MR) is 73.8 cm³/mol. The molecule has 6 heteroatoms. The van der Waals surface area contributed by atoms with Crippen LogP contribution in [0.5, 0.6) is 0 Å². The first kappa shape index (κ1) is 11.2. The zero-order valence-corrected chi connectivity index (χ0v) is 11.2. The van der Waals surface area contributed by atoms with E-state index in [0.717, 1.165) is 27.0 Å². The molecule has 3 rings (SSSR count). The molecule has 5 nitrogen and oxygen atoms in total. The van der Waals surface area contributed by atoms with Crippen LogP contribution in [-0.2, 0) is 0 Å². The maximum Gasteiger partial charge on any atom is 0.160 e. The maximum atomic E-state index is 4.23. The minimum Gasteiger partial charge on any atom is -0.339 e. The second-order valence-corrected chi connectivity index (χ2v) is 4.82. The zero-order valence-electron chi connectivity index (χ0n) is 9.61. The summed E-state index contributed by atoms with van der Waals surface area (Å²) in [5.74, 6) is 0.735. The van der Waals surface area contributed by atoms with Crippen molar-refractivity contribution in [3.05, 3.63) is 40.8 Å². The van der Waals surface area contributed by atoms with Gasteiger partial charge in [-0.2, -0.15) is 5.10 Å². The Balaban J connectivity index is 2.03. The average Bonchev–Trinajstić information content (AvgIpc) is 2.82. The number of halogens is 1. The molecule has 0 saturated carbocycles. The molecule has 2 aromatic heterocycles. The monoisotopic (exact) mass is 303 g/mol. The van der Waals surface area contributed by atoms with Crippen LogP contribution in [0.15, 0.2) is 35.2 Å². The van der Waals surface area contributed by atoms with Crippen LogP contribution in [0.3, 0.4) is 0 Å². The molecular weight excluding hydrogens is 294 g/mol. The van der Waals surface area contributed by atoms with Gasteiger partial charge in [-0.3, -0.25) is 5.10 Å². The molecule has 2 N–H and O–H groups in total. The summed E-state index contributed by atoms with van der Waals surface area (Å²) in [7, 11) is 0. The lowest BCUT2D eigenvalue weighted by Crippen LogP contribution is -1.96.